The summed E-state index contributed by atoms with van der Waals surface area (Å²) in [6.45, 7) is 2.99. The van der Waals surface area contributed by atoms with Crippen LogP contribution in [0.1, 0.15) is 6.92 Å². The SMILES string of the molecule is CCN(C(=O)C1CN(C(=O)COc2ccccc2F)C1)c1ccccc1. The van der Waals surface area contributed by atoms with E-state index in [1.807, 2.05) is 37.3 Å². The second-order valence-electron chi connectivity index (χ2n) is 6.13. The van der Waals surface area contributed by atoms with Gasteiger partial charge in [-0.15, -0.1) is 0 Å². The molecule has 2 amide bonds. The Morgan fingerprint density at radius 3 is 2.42 bits per heavy atom. The van der Waals surface area contributed by atoms with Crippen LogP contribution < -0.4 is 9.64 Å². The molecule has 0 aliphatic carbocycles. The molecule has 1 aliphatic heterocycles. The number of carbonyl (C=O) groups excluding carboxylic acids is 2. The Balaban J connectivity index is 1.51. The van der Waals surface area contributed by atoms with Gasteiger partial charge in [-0.1, -0.05) is 30.3 Å². The molecule has 1 aliphatic rings. The van der Waals surface area contributed by atoms with Gasteiger partial charge in [-0.3, -0.25) is 9.59 Å². The standard InChI is InChI=1S/C20H21FN2O3/c1-2-23(16-8-4-3-5-9-16)20(25)15-12-22(13-15)19(24)14-26-18-11-7-6-10-17(18)21/h3-11,15H,2,12-14H2,1H3. The van der Waals surface area contributed by atoms with Gasteiger partial charge in [0.1, 0.15) is 0 Å². The van der Waals surface area contributed by atoms with Crippen molar-refractivity contribution in [3.8, 4) is 5.75 Å². The summed E-state index contributed by atoms with van der Waals surface area (Å²) in [5.74, 6) is -0.904. The molecule has 5 nitrogen and oxygen atoms in total. The number of benzene rings is 2. The minimum absolute atomic E-state index is 0.0118. The van der Waals surface area contributed by atoms with Crippen LogP contribution in [0.15, 0.2) is 54.6 Å². The van der Waals surface area contributed by atoms with Crippen LogP contribution in [0, 0.1) is 11.7 Å². The van der Waals surface area contributed by atoms with Gasteiger partial charge >= 0.3 is 0 Å². The summed E-state index contributed by atoms with van der Waals surface area (Å²) in [5, 5.41) is 0. The lowest BCUT2D eigenvalue weighted by Gasteiger charge is -2.40. The molecule has 136 valence electrons. The Labute approximate surface area is 152 Å². The third kappa shape index (κ3) is 3.85. The first-order valence-corrected chi connectivity index (χ1v) is 8.61. The molecule has 0 radical (unpaired) electrons. The molecule has 1 saturated heterocycles. The van der Waals surface area contributed by atoms with Crippen LogP contribution in [0.25, 0.3) is 0 Å². The number of likely N-dealkylation sites (tertiary alicyclic amines) is 1. The molecule has 1 fully saturated rings. The molecule has 0 unspecified atom stereocenters. The monoisotopic (exact) mass is 356 g/mol. The Morgan fingerprint density at radius 1 is 1.12 bits per heavy atom. The number of anilines is 1. The van der Waals surface area contributed by atoms with E-state index in [9.17, 15) is 14.0 Å². The number of nitrogens with zero attached hydrogens (tertiary/aromatic N) is 2. The first-order valence-electron chi connectivity index (χ1n) is 8.61. The largest absolute Gasteiger partial charge is 0.481 e. The summed E-state index contributed by atoms with van der Waals surface area (Å²) in [7, 11) is 0. The summed E-state index contributed by atoms with van der Waals surface area (Å²) in [4.78, 5) is 28.1. The number of rotatable bonds is 6. The predicted molar refractivity (Wildman–Crippen MR) is 96.4 cm³/mol. The van der Waals surface area contributed by atoms with Crippen molar-refractivity contribution >= 4 is 17.5 Å². The van der Waals surface area contributed by atoms with E-state index in [0.29, 0.717) is 19.6 Å². The van der Waals surface area contributed by atoms with E-state index in [2.05, 4.69) is 0 Å². The molecule has 1 heterocycles. The molecule has 0 saturated carbocycles. The van der Waals surface area contributed by atoms with Crippen LogP contribution in [0.5, 0.6) is 5.75 Å². The summed E-state index contributed by atoms with van der Waals surface area (Å²) in [5.41, 5.74) is 0.854. The maximum atomic E-state index is 13.5. The number of hydrogen-bond donors (Lipinski definition) is 0. The van der Waals surface area contributed by atoms with E-state index in [1.54, 1.807) is 21.9 Å². The van der Waals surface area contributed by atoms with Gasteiger partial charge in [0.15, 0.2) is 18.2 Å². The quantitative estimate of drug-likeness (QED) is 0.800. The lowest BCUT2D eigenvalue weighted by atomic mass is 9.98. The molecule has 3 rings (SSSR count). The number of amides is 2. The maximum absolute atomic E-state index is 13.5. The maximum Gasteiger partial charge on any atom is 0.260 e. The highest BCUT2D eigenvalue weighted by Gasteiger charge is 2.38. The van der Waals surface area contributed by atoms with Crippen LogP contribution in [-0.4, -0.2) is 43.0 Å². The van der Waals surface area contributed by atoms with Gasteiger partial charge in [-0.2, -0.15) is 0 Å². The highest BCUT2D eigenvalue weighted by atomic mass is 19.1. The van der Waals surface area contributed by atoms with Crippen LogP contribution in [-0.2, 0) is 9.59 Å². The number of carbonyl (C=O) groups is 2. The van der Waals surface area contributed by atoms with Gasteiger partial charge in [-0.25, -0.2) is 4.39 Å². The lowest BCUT2D eigenvalue weighted by Crippen LogP contribution is -2.57. The normalized spacial score (nSPS) is 13.8. The van der Waals surface area contributed by atoms with Crippen molar-refractivity contribution in [2.75, 3.05) is 31.1 Å². The Hall–Kier alpha value is -2.89. The number of hydrogen-bond acceptors (Lipinski definition) is 3. The summed E-state index contributed by atoms with van der Waals surface area (Å²) in [6.07, 6.45) is 0. The molecule has 2 aromatic carbocycles. The lowest BCUT2D eigenvalue weighted by molar-refractivity contribution is -0.143. The Bertz CT molecular complexity index is 776. The third-order valence-electron chi connectivity index (χ3n) is 4.42. The molecule has 0 bridgehead atoms. The van der Waals surface area contributed by atoms with Crippen molar-refractivity contribution < 1.29 is 18.7 Å². The average molecular weight is 356 g/mol. The topological polar surface area (TPSA) is 49.9 Å². The van der Waals surface area contributed by atoms with Crippen LogP contribution >= 0.6 is 0 Å². The molecule has 6 heteroatoms. The number of para-hydroxylation sites is 2. The van der Waals surface area contributed by atoms with E-state index >= 15 is 0 Å². The van der Waals surface area contributed by atoms with E-state index in [0.717, 1.165) is 5.69 Å². The third-order valence-corrected chi connectivity index (χ3v) is 4.42. The first-order chi connectivity index (χ1) is 12.6. The highest BCUT2D eigenvalue weighted by Crippen LogP contribution is 2.23. The van der Waals surface area contributed by atoms with E-state index in [4.69, 9.17) is 4.74 Å². The molecule has 0 N–H and O–H groups in total. The molecule has 0 atom stereocenters. The molecule has 0 aromatic heterocycles. The predicted octanol–water partition coefficient (Wildman–Crippen LogP) is 2.72. The zero-order valence-electron chi connectivity index (χ0n) is 14.6. The molecular weight excluding hydrogens is 335 g/mol. The smallest absolute Gasteiger partial charge is 0.260 e. The van der Waals surface area contributed by atoms with Crippen LogP contribution in [0.2, 0.25) is 0 Å². The van der Waals surface area contributed by atoms with Crippen LogP contribution in [0.3, 0.4) is 0 Å². The molecule has 26 heavy (non-hydrogen) atoms. The van der Waals surface area contributed by atoms with Crippen molar-refractivity contribution in [1.29, 1.82) is 0 Å². The summed E-state index contributed by atoms with van der Waals surface area (Å²) < 4.78 is 18.7. The van der Waals surface area contributed by atoms with Gasteiger partial charge in [0.25, 0.3) is 5.91 Å². The van der Waals surface area contributed by atoms with Crippen molar-refractivity contribution in [3.63, 3.8) is 0 Å². The fraction of sp³-hybridized carbons (Fsp3) is 0.300. The van der Waals surface area contributed by atoms with Crippen molar-refractivity contribution in [3.05, 3.63) is 60.4 Å². The highest BCUT2D eigenvalue weighted by molar-refractivity contribution is 5.96. The fourth-order valence-electron chi connectivity index (χ4n) is 2.92. The van der Waals surface area contributed by atoms with Crippen molar-refractivity contribution in [2.45, 2.75) is 6.92 Å². The zero-order valence-corrected chi connectivity index (χ0v) is 14.6. The number of ether oxygens (including phenoxy) is 1. The molecule has 2 aromatic rings. The zero-order chi connectivity index (χ0) is 18.5. The summed E-state index contributed by atoms with van der Waals surface area (Å²) in [6, 6.07) is 15.4. The van der Waals surface area contributed by atoms with Crippen molar-refractivity contribution in [2.24, 2.45) is 5.92 Å². The second kappa shape index (κ2) is 7.99. The second-order valence-corrected chi connectivity index (χ2v) is 6.13. The van der Waals surface area contributed by atoms with Crippen molar-refractivity contribution in [1.82, 2.24) is 4.90 Å². The minimum Gasteiger partial charge on any atom is -0.481 e. The van der Waals surface area contributed by atoms with E-state index in [1.165, 1.54) is 12.1 Å². The van der Waals surface area contributed by atoms with Gasteiger partial charge in [0.05, 0.1) is 5.92 Å². The van der Waals surface area contributed by atoms with Gasteiger partial charge in [0.2, 0.25) is 5.91 Å². The number of halogens is 1. The van der Waals surface area contributed by atoms with E-state index in [-0.39, 0.29) is 30.1 Å². The molecular formula is C20H21FN2O3. The fourth-order valence-corrected chi connectivity index (χ4v) is 2.92. The van der Waals surface area contributed by atoms with Gasteiger partial charge in [0, 0.05) is 25.3 Å². The van der Waals surface area contributed by atoms with Gasteiger partial charge in [-0.05, 0) is 31.2 Å². The first kappa shape index (κ1) is 17.9. The van der Waals surface area contributed by atoms with Gasteiger partial charge < -0.3 is 14.5 Å². The Morgan fingerprint density at radius 2 is 1.77 bits per heavy atom. The summed E-state index contributed by atoms with van der Waals surface area (Å²) >= 11 is 0. The molecule has 0 spiro atoms. The van der Waals surface area contributed by atoms with E-state index < -0.39 is 5.82 Å². The Kier molecular flexibility index (Phi) is 5.51. The van der Waals surface area contributed by atoms with Crippen LogP contribution in [0.4, 0.5) is 10.1 Å². The average Bonchev–Trinajstić information content (AvgIpc) is 2.61. The minimum atomic E-state index is -0.501.